The van der Waals surface area contributed by atoms with Gasteiger partial charge in [-0.3, -0.25) is 4.79 Å². The lowest BCUT2D eigenvalue weighted by Gasteiger charge is -2.07. The summed E-state index contributed by atoms with van der Waals surface area (Å²) in [6.07, 6.45) is 3.18. The summed E-state index contributed by atoms with van der Waals surface area (Å²) in [6, 6.07) is 6.59. The van der Waals surface area contributed by atoms with Crippen molar-refractivity contribution in [2.24, 2.45) is 0 Å². The predicted molar refractivity (Wildman–Crippen MR) is 80.0 cm³/mol. The van der Waals surface area contributed by atoms with Gasteiger partial charge in [0, 0.05) is 17.0 Å². The van der Waals surface area contributed by atoms with E-state index < -0.39 is 0 Å². The van der Waals surface area contributed by atoms with Crippen LogP contribution in [0.1, 0.15) is 22.3 Å². The number of aliphatic hydroxyl groups excluding tert-OH is 1. The van der Waals surface area contributed by atoms with Gasteiger partial charge in [-0.25, -0.2) is 0 Å². The van der Waals surface area contributed by atoms with Crippen LogP contribution in [-0.2, 0) is 0 Å². The summed E-state index contributed by atoms with van der Waals surface area (Å²) in [4.78, 5) is 12.1. The van der Waals surface area contributed by atoms with Gasteiger partial charge in [0.05, 0.1) is 30.3 Å². The van der Waals surface area contributed by atoms with Gasteiger partial charge in [0.25, 0.3) is 5.91 Å². The number of rotatable bonds is 3. The molecule has 21 heavy (non-hydrogen) atoms. The van der Waals surface area contributed by atoms with Gasteiger partial charge in [-0.1, -0.05) is 23.4 Å². The van der Waals surface area contributed by atoms with E-state index in [1.54, 1.807) is 24.3 Å². The van der Waals surface area contributed by atoms with Gasteiger partial charge in [0.15, 0.2) is 0 Å². The Morgan fingerprint density at radius 3 is 2.90 bits per heavy atom. The summed E-state index contributed by atoms with van der Waals surface area (Å²) in [7, 11) is 0. The molecule has 2 N–H and O–H groups in total. The van der Waals surface area contributed by atoms with Gasteiger partial charge in [-0.05, 0) is 24.3 Å². The first-order valence-corrected chi connectivity index (χ1v) is 6.56. The number of aromatic nitrogens is 2. The van der Waals surface area contributed by atoms with E-state index in [4.69, 9.17) is 16.7 Å². The first-order chi connectivity index (χ1) is 10.2. The number of anilines is 1. The summed E-state index contributed by atoms with van der Waals surface area (Å²) < 4.78 is 0. The van der Waals surface area contributed by atoms with Crippen LogP contribution < -0.4 is 5.32 Å². The van der Waals surface area contributed by atoms with Crippen LogP contribution in [0.15, 0.2) is 36.7 Å². The number of amides is 1. The molecule has 0 unspecified atom stereocenters. The second kappa shape index (κ2) is 7.39. The van der Waals surface area contributed by atoms with Crippen molar-refractivity contribution >= 4 is 23.2 Å². The second-order valence-electron chi connectivity index (χ2n) is 4.05. The molecule has 1 aromatic heterocycles. The van der Waals surface area contributed by atoms with Gasteiger partial charge < -0.3 is 10.4 Å². The number of hydrogen-bond donors (Lipinski definition) is 2. The Bertz CT molecular complexity index is 693. The number of benzene rings is 1. The van der Waals surface area contributed by atoms with Crippen molar-refractivity contribution < 1.29 is 9.90 Å². The molecule has 0 spiro atoms. The van der Waals surface area contributed by atoms with Crippen molar-refractivity contribution in [2.45, 2.75) is 6.42 Å². The zero-order chi connectivity index (χ0) is 15.1. The third-order valence-electron chi connectivity index (χ3n) is 2.54. The Labute approximate surface area is 127 Å². The van der Waals surface area contributed by atoms with E-state index in [1.807, 2.05) is 0 Å². The molecule has 1 amide bonds. The van der Waals surface area contributed by atoms with E-state index in [-0.39, 0.29) is 12.5 Å². The molecule has 0 fully saturated rings. The number of nitrogens with one attached hydrogen (secondary N) is 1. The minimum atomic E-state index is -0.322. The van der Waals surface area contributed by atoms with Crippen LogP contribution in [0.4, 0.5) is 5.69 Å². The molecule has 0 atom stereocenters. The highest BCUT2D eigenvalue weighted by atomic mass is 35.5. The van der Waals surface area contributed by atoms with Crippen LogP contribution >= 0.6 is 11.6 Å². The maximum absolute atomic E-state index is 12.1. The van der Waals surface area contributed by atoms with E-state index in [1.165, 1.54) is 12.4 Å². The van der Waals surface area contributed by atoms with E-state index in [0.717, 1.165) is 0 Å². The molecular formula is C15H12ClN3O2. The average Bonchev–Trinajstić information content (AvgIpc) is 2.50. The van der Waals surface area contributed by atoms with Crippen LogP contribution in [0, 0.1) is 11.8 Å². The van der Waals surface area contributed by atoms with Crippen LogP contribution in [0.3, 0.4) is 0 Å². The van der Waals surface area contributed by atoms with Crippen molar-refractivity contribution in [2.75, 3.05) is 11.9 Å². The maximum Gasteiger partial charge on any atom is 0.257 e. The largest absolute Gasteiger partial charge is 0.395 e. The minimum absolute atomic E-state index is 0.00896. The van der Waals surface area contributed by atoms with Gasteiger partial charge in [0.2, 0.25) is 0 Å². The van der Waals surface area contributed by atoms with E-state index in [2.05, 4.69) is 27.4 Å². The van der Waals surface area contributed by atoms with Gasteiger partial charge in [0.1, 0.15) is 0 Å². The molecule has 0 aliphatic heterocycles. The quantitative estimate of drug-likeness (QED) is 0.852. The summed E-state index contributed by atoms with van der Waals surface area (Å²) in [6.45, 7) is -0.00896. The summed E-state index contributed by atoms with van der Waals surface area (Å²) in [5, 5.41) is 19.3. The van der Waals surface area contributed by atoms with Gasteiger partial charge in [-0.15, -0.1) is 0 Å². The summed E-state index contributed by atoms with van der Waals surface area (Å²) >= 11 is 5.95. The summed E-state index contributed by atoms with van der Waals surface area (Å²) in [5.74, 6) is 5.37. The molecule has 1 heterocycles. The van der Waals surface area contributed by atoms with Crippen LogP contribution in [0.5, 0.6) is 0 Å². The zero-order valence-corrected chi connectivity index (χ0v) is 11.8. The molecule has 0 saturated heterocycles. The summed E-state index contributed by atoms with van der Waals surface area (Å²) in [5.41, 5.74) is 1.53. The molecular weight excluding hydrogens is 290 g/mol. The standard InChI is InChI=1S/C15H12ClN3O2/c16-13-5-4-11(3-1-2-8-20)14(9-13)19-15(21)12-6-7-17-18-10-12/h4-7,9-10,20H,2,8H2,(H,19,21). The SMILES string of the molecule is O=C(Nc1cc(Cl)ccc1C#CCCO)c1ccnnc1. The molecule has 0 aliphatic carbocycles. The van der Waals surface area contributed by atoms with Crippen molar-refractivity contribution in [3.05, 3.63) is 52.8 Å². The molecule has 1 aromatic carbocycles. The Kier molecular flexibility index (Phi) is 5.27. The highest BCUT2D eigenvalue weighted by Gasteiger charge is 2.09. The van der Waals surface area contributed by atoms with Crippen LogP contribution in [0.2, 0.25) is 5.02 Å². The van der Waals surface area contributed by atoms with Crippen LogP contribution in [-0.4, -0.2) is 27.8 Å². The molecule has 0 radical (unpaired) electrons. The molecule has 0 saturated carbocycles. The van der Waals surface area contributed by atoms with Crippen molar-refractivity contribution in [3.8, 4) is 11.8 Å². The molecule has 6 heteroatoms. The normalized spacial score (nSPS) is 9.62. The third-order valence-corrected chi connectivity index (χ3v) is 2.77. The molecule has 2 rings (SSSR count). The second-order valence-corrected chi connectivity index (χ2v) is 4.49. The Morgan fingerprint density at radius 2 is 2.19 bits per heavy atom. The first-order valence-electron chi connectivity index (χ1n) is 6.18. The number of nitrogens with zero attached hydrogens (tertiary/aromatic N) is 2. The Morgan fingerprint density at radius 1 is 1.33 bits per heavy atom. The fourth-order valence-electron chi connectivity index (χ4n) is 1.56. The Balaban J connectivity index is 2.25. The van der Waals surface area contributed by atoms with Crippen molar-refractivity contribution in [1.82, 2.24) is 10.2 Å². The molecule has 2 aromatic rings. The fourth-order valence-corrected chi connectivity index (χ4v) is 1.73. The highest BCUT2D eigenvalue weighted by Crippen LogP contribution is 2.21. The highest BCUT2D eigenvalue weighted by molar-refractivity contribution is 6.31. The third kappa shape index (κ3) is 4.28. The van der Waals surface area contributed by atoms with E-state index in [0.29, 0.717) is 28.3 Å². The first kappa shape index (κ1) is 15.0. The number of hydrogen-bond acceptors (Lipinski definition) is 4. The van der Waals surface area contributed by atoms with E-state index in [9.17, 15) is 4.79 Å². The van der Waals surface area contributed by atoms with E-state index >= 15 is 0 Å². The number of halogens is 1. The maximum atomic E-state index is 12.1. The lowest BCUT2D eigenvalue weighted by atomic mass is 10.1. The topological polar surface area (TPSA) is 75.1 Å². The van der Waals surface area contributed by atoms with Gasteiger partial charge >= 0.3 is 0 Å². The minimum Gasteiger partial charge on any atom is -0.395 e. The monoisotopic (exact) mass is 301 g/mol. The van der Waals surface area contributed by atoms with Crippen LogP contribution in [0.25, 0.3) is 0 Å². The van der Waals surface area contributed by atoms with Gasteiger partial charge in [-0.2, -0.15) is 10.2 Å². The molecule has 0 bridgehead atoms. The molecule has 106 valence electrons. The number of aliphatic hydroxyl groups is 1. The zero-order valence-electron chi connectivity index (χ0n) is 11.0. The lowest BCUT2D eigenvalue weighted by Crippen LogP contribution is -2.13. The lowest BCUT2D eigenvalue weighted by molar-refractivity contribution is 0.102. The number of carbonyl (C=O) groups excluding carboxylic acids is 1. The number of carbonyl (C=O) groups is 1. The predicted octanol–water partition coefficient (Wildman–Crippen LogP) is 2.12. The van der Waals surface area contributed by atoms with Crippen molar-refractivity contribution in [3.63, 3.8) is 0 Å². The smallest absolute Gasteiger partial charge is 0.257 e. The van der Waals surface area contributed by atoms with Crippen molar-refractivity contribution in [1.29, 1.82) is 0 Å². The molecule has 5 nitrogen and oxygen atoms in total. The Hall–Kier alpha value is -2.42. The molecule has 0 aliphatic rings. The fraction of sp³-hybridized carbons (Fsp3) is 0.133. The average molecular weight is 302 g/mol.